The molecule has 0 atom stereocenters. The van der Waals surface area contributed by atoms with E-state index in [1.807, 2.05) is 92.7 Å². The van der Waals surface area contributed by atoms with Crippen molar-refractivity contribution in [3.8, 4) is 22.5 Å². The molecule has 0 aliphatic rings. The highest BCUT2D eigenvalue weighted by Gasteiger charge is 2.15. The van der Waals surface area contributed by atoms with Crippen molar-refractivity contribution in [2.45, 2.75) is 19.0 Å². The predicted molar refractivity (Wildman–Crippen MR) is 126 cm³/mol. The molecule has 0 aliphatic carbocycles. The fraction of sp³-hybridized carbons (Fsp3) is 0.120. The van der Waals surface area contributed by atoms with Gasteiger partial charge in [-0.1, -0.05) is 84.6 Å². The van der Waals surface area contributed by atoms with Crippen molar-refractivity contribution < 1.29 is 4.79 Å². The zero-order valence-corrected chi connectivity index (χ0v) is 18.2. The van der Waals surface area contributed by atoms with Crippen LogP contribution in [0.2, 0.25) is 0 Å². The van der Waals surface area contributed by atoms with Crippen LogP contribution < -0.4 is 5.32 Å². The molecule has 1 heterocycles. The van der Waals surface area contributed by atoms with Crippen LogP contribution in [-0.2, 0) is 4.79 Å². The van der Waals surface area contributed by atoms with E-state index in [2.05, 4.69) is 15.5 Å². The van der Waals surface area contributed by atoms with Crippen molar-refractivity contribution in [3.63, 3.8) is 0 Å². The highest BCUT2D eigenvalue weighted by atomic mass is 32.2. The van der Waals surface area contributed by atoms with Gasteiger partial charge in [-0.3, -0.25) is 4.79 Å². The first-order valence-electron chi connectivity index (χ1n) is 9.95. The molecule has 0 saturated carbocycles. The van der Waals surface area contributed by atoms with Gasteiger partial charge in [0.2, 0.25) is 11.1 Å². The second-order valence-corrected chi connectivity index (χ2v) is 8.12. The zero-order valence-electron chi connectivity index (χ0n) is 17.4. The molecule has 3 aromatic carbocycles. The molecule has 31 heavy (non-hydrogen) atoms. The number of benzene rings is 3. The van der Waals surface area contributed by atoms with Crippen LogP contribution in [-0.4, -0.2) is 26.8 Å². The van der Waals surface area contributed by atoms with Crippen LogP contribution >= 0.6 is 11.8 Å². The molecule has 5 nitrogen and oxygen atoms in total. The van der Waals surface area contributed by atoms with Gasteiger partial charge in [0.1, 0.15) is 11.4 Å². The lowest BCUT2D eigenvalue weighted by molar-refractivity contribution is -0.113. The summed E-state index contributed by atoms with van der Waals surface area (Å²) in [4.78, 5) is 17.2. The van der Waals surface area contributed by atoms with E-state index in [0.29, 0.717) is 5.16 Å². The molecule has 0 spiro atoms. The van der Waals surface area contributed by atoms with Crippen LogP contribution in [0.3, 0.4) is 0 Å². The summed E-state index contributed by atoms with van der Waals surface area (Å²) in [5.41, 5.74) is 6.33. The van der Waals surface area contributed by atoms with Gasteiger partial charge in [-0.15, -0.1) is 10.2 Å². The van der Waals surface area contributed by atoms with Crippen molar-refractivity contribution >= 4 is 23.4 Å². The molecule has 0 aliphatic heterocycles. The van der Waals surface area contributed by atoms with Crippen molar-refractivity contribution in [1.29, 1.82) is 0 Å². The molecule has 0 radical (unpaired) electrons. The number of nitrogens with one attached hydrogen (secondary N) is 1. The Morgan fingerprint density at radius 2 is 1.48 bits per heavy atom. The minimum Gasteiger partial charge on any atom is -0.325 e. The van der Waals surface area contributed by atoms with E-state index in [1.54, 1.807) is 0 Å². The number of rotatable bonds is 6. The lowest BCUT2D eigenvalue weighted by Crippen LogP contribution is -2.15. The second-order valence-electron chi connectivity index (χ2n) is 7.18. The smallest absolute Gasteiger partial charge is 0.234 e. The maximum atomic E-state index is 12.5. The Kier molecular flexibility index (Phi) is 6.38. The number of amides is 1. The summed E-state index contributed by atoms with van der Waals surface area (Å²) < 4.78 is 0. The topological polar surface area (TPSA) is 67.8 Å². The maximum absolute atomic E-state index is 12.5. The standard InChI is InChI=1S/C25H22N4OS/c1-17-13-14-18(2)21(15-17)26-22(30)16-31-25-27-23(19-9-5-3-6-10-19)24(28-29-25)20-11-7-4-8-12-20/h3-15H,16H2,1-2H3,(H,26,30). The molecular formula is C25H22N4OS. The van der Waals surface area contributed by atoms with Gasteiger partial charge in [-0.05, 0) is 31.0 Å². The van der Waals surface area contributed by atoms with Crippen LogP contribution in [0.1, 0.15) is 11.1 Å². The average molecular weight is 427 g/mol. The van der Waals surface area contributed by atoms with Gasteiger partial charge in [0.25, 0.3) is 0 Å². The molecule has 154 valence electrons. The monoisotopic (exact) mass is 426 g/mol. The maximum Gasteiger partial charge on any atom is 0.234 e. The van der Waals surface area contributed by atoms with Crippen molar-refractivity contribution in [1.82, 2.24) is 15.2 Å². The van der Waals surface area contributed by atoms with Gasteiger partial charge >= 0.3 is 0 Å². The van der Waals surface area contributed by atoms with E-state index in [9.17, 15) is 4.79 Å². The molecule has 1 N–H and O–H groups in total. The number of aryl methyl sites for hydroxylation is 2. The van der Waals surface area contributed by atoms with E-state index < -0.39 is 0 Å². The third-order valence-electron chi connectivity index (χ3n) is 4.76. The quantitative estimate of drug-likeness (QED) is 0.409. The predicted octanol–water partition coefficient (Wildman–Crippen LogP) is 5.55. The van der Waals surface area contributed by atoms with Gasteiger partial charge < -0.3 is 5.32 Å². The number of carbonyl (C=O) groups excluding carboxylic acids is 1. The third kappa shape index (κ3) is 5.16. The summed E-state index contributed by atoms with van der Waals surface area (Å²) >= 11 is 1.27. The van der Waals surface area contributed by atoms with Crippen LogP contribution in [0.25, 0.3) is 22.5 Å². The largest absolute Gasteiger partial charge is 0.325 e. The minimum atomic E-state index is -0.101. The van der Waals surface area contributed by atoms with Gasteiger partial charge in [0, 0.05) is 16.8 Å². The zero-order chi connectivity index (χ0) is 21.6. The Morgan fingerprint density at radius 1 is 0.839 bits per heavy atom. The summed E-state index contributed by atoms with van der Waals surface area (Å²) in [5.74, 6) is 0.101. The minimum absolute atomic E-state index is 0.101. The lowest BCUT2D eigenvalue weighted by atomic mass is 10.0. The summed E-state index contributed by atoms with van der Waals surface area (Å²) in [7, 11) is 0. The molecular weight excluding hydrogens is 404 g/mol. The molecule has 0 saturated heterocycles. The first-order valence-corrected chi connectivity index (χ1v) is 10.9. The van der Waals surface area contributed by atoms with E-state index in [-0.39, 0.29) is 11.7 Å². The normalized spacial score (nSPS) is 10.6. The second kappa shape index (κ2) is 9.53. The lowest BCUT2D eigenvalue weighted by Gasteiger charge is -2.10. The van der Waals surface area contributed by atoms with E-state index >= 15 is 0 Å². The average Bonchev–Trinajstić information content (AvgIpc) is 2.81. The Hall–Kier alpha value is -3.51. The molecule has 1 amide bonds. The van der Waals surface area contributed by atoms with Crippen molar-refractivity contribution in [2.75, 3.05) is 11.1 Å². The van der Waals surface area contributed by atoms with E-state index in [4.69, 9.17) is 4.98 Å². The Labute approximate surface area is 186 Å². The number of nitrogens with zero attached hydrogens (tertiary/aromatic N) is 3. The molecule has 1 aromatic heterocycles. The molecule has 0 fully saturated rings. The van der Waals surface area contributed by atoms with E-state index in [0.717, 1.165) is 39.3 Å². The number of anilines is 1. The van der Waals surface area contributed by atoms with Crippen LogP contribution in [0, 0.1) is 13.8 Å². The Morgan fingerprint density at radius 3 is 2.16 bits per heavy atom. The summed E-state index contributed by atoms with van der Waals surface area (Å²) in [6.45, 7) is 3.98. The molecule has 0 unspecified atom stereocenters. The first kappa shape index (κ1) is 20.8. The van der Waals surface area contributed by atoms with Crippen LogP contribution in [0.4, 0.5) is 5.69 Å². The van der Waals surface area contributed by atoms with Gasteiger partial charge in [0.15, 0.2) is 0 Å². The Balaban J connectivity index is 1.55. The van der Waals surface area contributed by atoms with E-state index in [1.165, 1.54) is 11.8 Å². The van der Waals surface area contributed by atoms with Gasteiger partial charge in [-0.2, -0.15) is 0 Å². The van der Waals surface area contributed by atoms with Crippen molar-refractivity contribution in [3.05, 3.63) is 90.0 Å². The van der Waals surface area contributed by atoms with Gasteiger partial charge in [0.05, 0.1) is 5.75 Å². The van der Waals surface area contributed by atoms with Crippen LogP contribution in [0.5, 0.6) is 0 Å². The number of hydrogen-bond acceptors (Lipinski definition) is 5. The summed E-state index contributed by atoms with van der Waals surface area (Å²) in [6, 6.07) is 25.8. The van der Waals surface area contributed by atoms with Crippen molar-refractivity contribution in [2.24, 2.45) is 0 Å². The number of carbonyl (C=O) groups is 1. The SMILES string of the molecule is Cc1ccc(C)c(NC(=O)CSc2nnc(-c3ccccc3)c(-c3ccccc3)n2)c1. The molecule has 4 rings (SSSR count). The summed E-state index contributed by atoms with van der Waals surface area (Å²) in [5, 5.41) is 12.2. The Bertz CT molecular complexity index is 1200. The van der Waals surface area contributed by atoms with Gasteiger partial charge in [-0.25, -0.2) is 4.98 Å². The highest BCUT2D eigenvalue weighted by Crippen LogP contribution is 2.29. The highest BCUT2D eigenvalue weighted by molar-refractivity contribution is 7.99. The molecule has 4 aromatic rings. The summed E-state index contributed by atoms with van der Waals surface area (Å²) in [6.07, 6.45) is 0. The number of aromatic nitrogens is 3. The molecule has 6 heteroatoms. The first-order chi connectivity index (χ1) is 15.1. The van der Waals surface area contributed by atoms with Crippen LogP contribution in [0.15, 0.2) is 84.0 Å². The molecule has 0 bridgehead atoms. The fourth-order valence-corrected chi connectivity index (χ4v) is 3.73. The third-order valence-corrected chi connectivity index (χ3v) is 5.60. The fourth-order valence-electron chi connectivity index (χ4n) is 3.15. The number of hydrogen-bond donors (Lipinski definition) is 1. The number of thioether (sulfide) groups is 1.